The predicted molar refractivity (Wildman–Crippen MR) is 39.5 cm³/mol. The van der Waals surface area contributed by atoms with Crippen LogP contribution in [0.5, 0.6) is 0 Å². The molecule has 12 heavy (non-hydrogen) atoms. The van der Waals surface area contributed by atoms with Crippen LogP contribution in [-0.2, 0) is 6.42 Å². The maximum Gasteiger partial charge on any atom is 0.255 e. The van der Waals surface area contributed by atoms with Crippen molar-refractivity contribution in [1.29, 1.82) is 0 Å². The van der Waals surface area contributed by atoms with Crippen LogP contribution >= 0.6 is 0 Å². The summed E-state index contributed by atoms with van der Waals surface area (Å²) < 4.78 is 29.1. The number of hydrogen-bond acceptors (Lipinski definition) is 3. The first-order valence-electron chi connectivity index (χ1n) is 3.50. The molecule has 0 saturated heterocycles. The molecule has 1 aromatic rings. The molecule has 5 heteroatoms. The Morgan fingerprint density at radius 2 is 2.33 bits per heavy atom. The summed E-state index contributed by atoms with van der Waals surface area (Å²) in [6.45, 7) is 0. The summed E-state index contributed by atoms with van der Waals surface area (Å²) in [5, 5.41) is 0. The zero-order valence-electron chi connectivity index (χ0n) is 6.34. The molecule has 1 aromatic heterocycles. The summed E-state index contributed by atoms with van der Waals surface area (Å²) in [5.74, 6) is 5.42. The lowest BCUT2D eigenvalue weighted by atomic mass is 10.2. The molecule has 0 aliphatic carbocycles. The normalized spacial score (nSPS) is 13.7. The molecule has 1 heterocycles. The van der Waals surface area contributed by atoms with E-state index in [9.17, 15) is 8.78 Å². The lowest BCUT2D eigenvalue weighted by molar-refractivity contribution is 0.0958. The third-order valence-corrected chi connectivity index (χ3v) is 1.52. The van der Waals surface area contributed by atoms with Crippen LogP contribution in [0.2, 0.25) is 0 Å². The molecule has 0 spiro atoms. The van der Waals surface area contributed by atoms with E-state index in [4.69, 9.17) is 10.3 Å². The number of hydrogen-bond donors (Lipinski definition) is 2. The Kier molecular flexibility index (Phi) is 3.19. The molecule has 0 aromatic carbocycles. The fourth-order valence-corrected chi connectivity index (χ4v) is 0.866. The van der Waals surface area contributed by atoms with Gasteiger partial charge in [0.25, 0.3) is 6.43 Å². The highest BCUT2D eigenvalue weighted by molar-refractivity contribution is 5.00. The molecule has 3 N–H and O–H groups in total. The molecule has 0 amide bonds. The van der Waals surface area contributed by atoms with Gasteiger partial charge in [-0.25, -0.2) is 8.78 Å². The van der Waals surface area contributed by atoms with E-state index in [1.165, 1.54) is 6.26 Å². The average molecular weight is 176 g/mol. The summed E-state index contributed by atoms with van der Waals surface area (Å²) in [6.07, 6.45) is -0.949. The van der Waals surface area contributed by atoms with Gasteiger partial charge in [0.05, 0.1) is 12.3 Å². The molecule has 68 valence electrons. The van der Waals surface area contributed by atoms with Crippen molar-refractivity contribution in [3.05, 3.63) is 24.2 Å². The molecule has 0 aliphatic heterocycles. The minimum atomic E-state index is -2.49. The smallest absolute Gasteiger partial charge is 0.255 e. The van der Waals surface area contributed by atoms with Crippen molar-refractivity contribution in [2.75, 3.05) is 0 Å². The topological polar surface area (TPSA) is 51.2 Å². The molecule has 1 rings (SSSR count). The number of rotatable bonds is 4. The molecular weight excluding hydrogens is 166 g/mol. The molecule has 0 aliphatic rings. The first-order chi connectivity index (χ1) is 5.74. The van der Waals surface area contributed by atoms with Gasteiger partial charge >= 0.3 is 0 Å². The number of alkyl halides is 2. The Morgan fingerprint density at radius 3 is 2.75 bits per heavy atom. The van der Waals surface area contributed by atoms with E-state index < -0.39 is 12.5 Å². The fraction of sp³-hybridized carbons (Fsp3) is 0.429. The van der Waals surface area contributed by atoms with Crippen LogP contribution in [0.15, 0.2) is 22.8 Å². The van der Waals surface area contributed by atoms with E-state index in [1.54, 1.807) is 12.1 Å². The first kappa shape index (κ1) is 9.15. The molecular formula is C7H10F2N2O. The average Bonchev–Trinajstić information content (AvgIpc) is 2.51. The second kappa shape index (κ2) is 4.18. The van der Waals surface area contributed by atoms with Crippen LogP contribution in [-0.4, -0.2) is 12.5 Å². The monoisotopic (exact) mass is 176 g/mol. The number of nitrogens with two attached hydrogens (primary N) is 1. The van der Waals surface area contributed by atoms with Crippen molar-refractivity contribution in [2.45, 2.75) is 18.9 Å². The number of hydrazine groups is 1. The Balaban J connectivity index is 2.48. The lowest BCUT2D eigenvalue weighted by Gasteiger charge is -2.12. The van der Waals surface area contributed by atoms with Gasteiger partial charge in [-0.15, -0.1) is 0 Å². The Bertz CT molecular complexity index is 213. The Labute approximate surface area is 68.5 Å². The van der Waals surface area contributed by atoms with Gasteiger partial charge in [-0.2, -0.15) is 0 Å². The fourth-order valence-electron chi connectivity index (χ4n) is 0.866. The van der Waals surface area contributed by atoms with E-state index in [-0.39, 0.29) is 6.42 Å². The van der Waals surface area contributed by atoms with Crippen molar-refractivity contribution >= 4 is 0 Å². The van der Waals surface area contributed by atoms with Crippen LogP contribution < -0.4 is 11.3 Å². The van der Waals surface area contributed by atoms with Gasteiger partial charge in [0, 0.05) is 6.42 Å². The molecule has 0 radical (unpaired) electrons. The summed E-state index contributed by atoms with van der Waals surface area (Å²) in [6, 6.07) is 2.23. The number of nitrogens with one attached hydrogen (secondary N) is 1. The van der Waals surface area contributed by atoms with E-state index in [0.717, 1.165) is 0 Å². The van der Waals surface area contributed by atoms with Gasteiger partial charge in [-0.05, 0) is 12.1 Å². The van der Waals surface area contributed by atoms with Crippen LogP contribution in [0, 0.1) is 0 Å². The summed E-state index contributed by atoms with van der Waals surface area (Å²) in [4.78, 5) is 0. The highest BCUT2D eigenvalue weighted by atomic mass is 19.3. The minimum Gasteiger partial charge on any atom is -0.469 e. The zero-order valence-corrected chi connectivity index (χ0v) is 6.34. The molecule has 0 fully saturated rings. The highest BCUT2D eigenvalue weighted by Gasteiger charge is 2.19. The van der Waals surface area contributed by atoms with Gasteiger partial charge in [0.2, 0.25) is 0 Å². The van der Waals surface area contributed by atoms with E-state index in [0.29, 0.717) is 5.76 Å². The van der Waals surface area contributed by atoms with Gasteiger partial charge in [0.1, 0.15) is 5.76 Å². The first-order valence-corrected chi connectivity index (χ1v) is 3.50. The third-order valence-electron chi connectivity index (χ3n) is 1.52. The van der Waals surface area contributed by atoms with Crippen molar-refractivity contribution in [3.63, 3.8) is 0 Å². The zero-order chi connectivity index (χ0) is 8.97. The van der Waals surface area contributed by atoms with Crippen molar-refractivity contribution in [2.24, 2.45) is 5.84 Å². The predicted octanol–water partition coefficient (Wildman–Crippen LogP) is 0.919. The lowest BCUT2D eigenvalue weighted by Crippen LogP contribution is -2.41. The molecule has 0 bridgehead atoms. The van der Waals surface area contributed by atoms with Crippen LogP contribution in [0.25, 0.3) is 0 Å². The Hall–Kier alpha value is -0.940. The van der Waals surface area contributed by atoms with Crippen molar-refractivity contribution < 1.29 is 13.2 Å². The highest BCUT2D eigenvalue weighted by Crippen LogP contribution is 2.09. The van der Waals surface area contributed by atoms with E-state index >= 15 is 0 Å². The molecule has 0 saturated carbocycles. The minimum absolute atomic E-state index is 0.0984. The second-order valence-corrected chi connectivity index (χ2v) is 2.39. The van der Waals surface area contributed by atoms with Crippen LogP contribution in [0.3, 0.4) is 0 Å². The van der Waals surface area contributed by atoms with E-state index in [2.05, 4.69) is 0 Å². The second-order valence-electron chi connectivity index (χ2n) is 2.39. The van der Waals surface area contributed by atoms with Crippen molar-refractivity contribution in [3.8, 4) is 0 Å². The van der Waals surface area contributed by atoms with Crippen LogP contribution in [0.4, 0.5) is 8.78 Å². The summed E-state index contributed by atoms with van der Waals surface area (Å²) in [7, 11) is 0. The Morgan fingerprint density at radius 1 is 1.58 bits per heavy atom. The van der Waals surface area contributed by atoms with E-state index in [1.807, 2.05) is 5.43 Å². The quantitative estimate of drug-likeness (QED) is 0.529. The SMILES string of the molecule is NNC(Cc1ccco1)C(F)F. The van der Waals surface area contributed by atoms with Crippen LogP contribution in [0.1, 0.15) is 5.76 Å². The number of halogens is 2. The summed E-state index contributed by atoms with van der Waals surface area (Å²) in [5.41, 5.74) is 2.03. The van der Waals surface area contributed by atoms with Gasteiger partial charge in [-0.3, -0.25) is 11.3 Å². The maximum absolute atomic E-state index is 12.1. The molecule has 3 nitrogen and oxygen atoms in total. The standard InChI is InChI=1S/C7H10F2N2O/c8-7(9)6(11-10)4-5-2-1-3-12-5/h1-3,6-7,11H,4,10H2. The van der Waals surface area contributed by atoms with Gasteiger partial charge < -0.3 is 4.42 Å². The van der Waals surface area contributed by atoms with Crippen molar-refractivity contribution in [1.82, 2.24) is 5.43 Å². The summed E-state index contributed by atoms with van der Waals surface area (Å²) >= 11 is 0. The van der Waals surface area contributed by atoms with Gasteiger partial charge in [-0.1, -0.05) is 0 Å². The number of furan rings is 1. The largest absolute Gasteiger partial charge is 0.469 e. The van der Waals surface area contributed by atoms with Gasteiger partial charge in [0.15, 0.2) is 0 Å². The third kappa shape index (κ3) is 2.28. The molecule has 1 unspecified atom stereocenters. The molecule has 1 atom stereocenters. The maximum atomic E-state index is 12.1.